The fourth-order valence-corrected chi connectivity index (χ4v) is 2.42. The first-order valence-corrected chi connectivity index (χ1v) is 8.62. The van der Waals surface area contributed by atoms with Crippen molar-refractivity contribution < 1.29 is 14.3 Å². The molecule has 6 nitrogen and oxygen atoms in total. The van der Waals surface area contributed by atoms with Crippen LogP contribution >= 0.6 is 11.6 Å². The number of nitrogens with zero attached hydrogens (tertiary/aromatic N) is 1. The van der Waals surface area contributed by atoms with Crippen LogP contribution in [-0.2, 0) is 16.0 Å². The van der Waals surface area contributed by atoms with Crippen molar-refractivity contribution in [2.75, 3.05) is 10.6 Å². The number of hydrogen-bond acceptors (Lipinski definition) is 4. The van der Waals surface area contributed by atoms with E-state index < -0.39 is 11.7 Å². The van der Waals surface area contributed by atoms with Crippen molar-refractivity contribution in [3.05, 3.63) is 58.6 Å². The Morgan fingerprint density at radius 2 is 1.70 bits per heavy atom. The maximum Gasteiger partial charge on any atom is 0.412 e. The maximum absolute atomic E-state index is 12.2. The molecule has 0 aliphatic carbocycles. The lowest BCUT2D eigenvalue weighted by atomic mass is 10.1. The van der Waals surface area contributed by atoms with Crippen LogP contribution in [0.15, 0.2) is 42.5 Å². The number of ether oxygens (including phenoxy) is 1. The molecule has 0 saturated heterocycles. The summed E-state index contributed by atoms with van der Waals surface area (Å²) in [5.74, 6) is -0.219. The first kappa shape index (κ1) is 20.3. The second-order valence-electron chi connectivity index (χ2n) is 6.86. The topological polar surface area (TPSA) is 91.2 Å². The molecule has 2 N–H and O–H groups in total. The van der Waals surface area contributed by atoms with Gasteiger partial charge in [0.2, 0.25) is 5.91 Å². The summed E-state index contributed by atoms with van der Waals surface area (Å²) in [6.07, 6.45) is -0.379. The van der Waals surface area contributed by atoms with Gasteiger partial charge in [0.1, 0.15) is 11.7 Å². The number of carbonyl (C=O) groups is 2. The van der Waals surface area contributed by atoms with Crippen LogP contribution in [-0.4, -0.2) is 17.6 Å². The van der Waals surface area contributed by atoms with E-state index in [1.807, 2.05) is 6.07 Å². The van der Waals surface area contributed by atoms with Crippen LogP contribution in [0.1, 0.15) is 31.9 Å². The molecule has 27 heavy (non-hydrogen) atoms. The summed E-state index contributed by atoms with van der Waals surface area (Å²) in [4.78, 5) is 23.9. The number of nitriles is 1. The average molecular weight is 386 g/mol. The van der Waals surface area contributed by atoms with Gasteiger partial charge in [-0.2, -0.15) is 5.26 Å². The Hall–Kier alpha value is -3.04. The number of hydrogen-bond donors (Lipinski definition) is 2. The van der Waals surface area contributed by atoms with E-state index in [1.54, 1.807) is 57.2 Å². The zero-order valence-electron chi connectivity index (χ0n) is 15.3. The summed E-state index contributed by atoms with van der Waals surface area (Å²) in [6, 6.07) is 13.6. The van der Waals surface area contributed by atoms with Crippen LogP contribution in [0.2, 0.25) is 5.02 Å². The first-order chi connectivity index (χ1) is 12.7. The highest BCUT2D eigenvalue weighted by Gasteiger charge is 2.16. The van der Waals surface area contributed by atoms with Crippen LogP contribution in [0.3, 0.4) is 0 Å². The largest absolute Gasteiger partial charge is 0.444 e. The fourth-order valence-electron chi connectivity index (χ4n) is 2.20. The normalized spacial score (nSPS) is 10.6. The number of rotatable bonds is 4. The molecule has 7 heteroatoms. The van der Waals surface area contributed by atoms with Gasteiger partial charge in [-0.3, -0.25) is 10.1 Å². The number of nitrogens with one attached hydrogen (secondary N) is 2. The van der Waals surface area contributed by atoms with E-state index in [9.17, 15) is 9.59 Å². The third kappa shape index (κ3) is 6.65. The Kier molecular flexibility index (Phi) is 6.43. The fraction of sp³-hybridized carbons (Fsp3) is 0.250. The van der Waals surface area contributed by atoms with Crippen molar-refractivity contribution in [3.8, 4) is 6.07 Å². The molecule has 2 amide bonds. The number of anilines is 2. The minimum Gasteiger partial charge on any atom is -0.444 e. The molecule has 0 aliphatic rings. The molecule has 0 fully saturated rings. The third-order valence-corrected chi connectivity index (χ3v) is 3.65. The number of carbonyl (C=O) groups excluding carboxylic acids is 2. The second kappa shape index (κ2) is 8.56. The van der Waals surface area contributed by atoms with Crippen molar-refractivity contribution in [2.24, 2.45) is 0 Å². The Morgan fingerprint density at radius 3 is 2.26 bits per heavy atom. The molecule has 0 aromatic heterocycles. The molecule has 2 aromatic rings. The van der Waals surface area contributed by atoms with Crippen LogP contribution in [0.4, 0.5) is 16.2 Å². The van der Waals surface area contributed by atoms with Gasteiger partial charge in [0.25, 0.3) is 0 Å². The van der Waals surface area contributed by atoms with E-state index in [2.05, 4.69) is 10.6 Å². The van der Waals surface area contributed by atoms with Gasteiger partial charge in [0, 0.05) is 11.4 Å². The van der Waals surface area contributed by atoms with Crippen molar-refractivity contribution in [1.29, 1.82) is 5.26 Å². The Labute approximate surface area is 163 Å². The van der Waals surface area contributed by atoms with Crippen LogP contribution in [0.25, 0.3) is 0 Å². The smallest absolute Gasteiger partial charge is 0.412 e. The average Bonchev–Trinajstić information content (AvgIpc) is 2.55. The van der Waals surface area contributed by atoms with Crippen molar-refractivity contribution in [3.63, 3.8) is 0 Å². The van der Waals surface area contributed by atoms with E-state index in [0.717, 1.165) is 5.56 Å². The van der Waals surface area contributed by atoms with Gasteiger partial charge in [0.05, 0.1) is 17.0 Å². The highest BCUT2D eigenvalue weighted by atomic mass is 35.5. The lowest BCUT2D eigenvalue weighted by Crippen LogP contribution is -2.27. The minimum atomic E-state index is -0.573. The summed E-state index contributed by atoms with van der Waals surface area (Å²) in [7, 11) is 0. The monoisotopic (exact) mass is 385 g/mol. The van der Waals surface area contributed by atoms with Gasteiger partial charge in [-0.1, -0.05) is 23.7 Å². The third-order valence-electron chi connectivity index (χ3n) is 3.34. The molecule has 0 heterocycles. The van der Waals surface area contributed by atoms with Crippen LogP contribution < -0.4 is 10.6 Å². The summed E-state index contributed by atoms with van der Waals surface area (Å²) in [5.41, 5.74) is 1.65. The maximum atomic E-state index is 12.2. The van der Waals surface area contributed by atoms with E-state index in [-0.39, 0.29) is 17.4 Å². The van der Waals surface area contributed by atoms with Gasteiger partial charge in [0.15, 0.2) is 0 Å². The van der Waals surface area contributed by atoms with Crippen molar-refractivity contribution in [1.82, 2.24) is 0 Å². The molecule has 0 saturated carbocycles. The molecule has 0 spiro atoms. The number of halogens is 1. The van der Waals surface area contributed by atoms with Crippen LogP contribution in [0, 0.1) is 11.3 Å². The van der Waals surface area contributed by atoms with E-state index in [0.29, 0.717) is 16.9 Å². The summed E-state index contributed by atoms with van der Waals surface area (Å²) < 4.78 is 5.18. The van der Waals surface area contributed by atoms with E-state index in [4.69, 9.17) is 21.6 Å². The second-order valence-corrected chi connectivity index (χ2v) is 7.26. The zero-order valence-corrected chi connectivity index (χ0v) is 16.1. The summed E-state index contributed by atoms with van der Waals surface area (Å²) in [5, 5.41) is 14.5. The molecule has 140 valence electrons. The molecule has 0 bridgehead atoms. The Bertz CT molecular complexity index is 881. The molecule has 0 aliphatic heterocycles. The standard InChI is InChI=1S/C20H20ClN3O3/c1-20(2,3)27-19(26)24-15-7-4-13(5-8-15)10-18(25)23-16-9-6-14(12-22)17(21)11-16/h4-9,11H,10H2,1-3H3,(H,23,25)(H,24,26). The van der Waals surface area contributed by atoms with E-state index >= 15 is 0 Å². The van der Waals surface area contributed by atoms with Gasteiger partial charge in [-0.15, -0.1) is 0 Å². The van der Waals surface area contributed by atoms with Crippen LogP contribution in [0.5, 0.6) is 0 Å². The zero-order chi connectivity index (χ0) is 20.0. The van der Waals surface area contributed by atoms with Gasteiger partial charge in [-0.25, -0.2) is 4.79 Å². The Morgan fingerprint density at radius 1 is 1.07 bits per heavy atom. The molecule has 0 unspecified atom stereocenters. The lowest BCUT2D eigenvalue weighted by Gasteiger charge is -2.19. The Balaban J connectivity index is 1.92. The predicted molar refractivity (Wildman–Crippen MR) is 105 cm³/mol. The molecule has 0 atom stereocenters. The summed E-state index contributed by atoms with van der Waals surface area (Å²) in [6.45, 7) is 5.36. The first-order valence-electron chi connectivity index (χ1n) is 8.25. The van der Waals surface area contributed by atoms with Crippen molar-refractivity contribution in [2.45, 2.75) is 32.8 Å². The molecular formula is C20H20ClN3O3. The number of benzene rings is 2. The van der Waals surface area contributed by atoms with E-state index in [1.165, 1.54) is 6.07 Å². The molecular weight excluding hydrogens is 366 g/mol. The van der Waals surface area contributed by atoms with Gasteiger partial charge in [-0.05, 0) is 56.7 Å². The molecule has 2 rings (SSSR count). The SMILES string of the molecule is CC(C)(C)OC(=O)Nc1ccc(CC(=O)Nc2ccc(C#N)c(Cl)c2)cc1. The predicted octanol–water partition coefficient (Wildman–Crippen LogP) is 4.74. The molecule has 0 radical (unpaired) electrons. The lowest BCUT2D eigenvalue weighted by molar-refractivity contribution is -0.115. The summed E-state index contributed by atoms with van der Waals surface area (Å²) >= 11 is 5.95. The minimum absolute atomic E-state index is 0.157. The highest BCUT2D eigenvalue weighted by Crippen LogP contribution is 2.20. The molecule has 2 aromatic carbocycles. The number of amides is 2. The highest BCUT2D eigenvalue weighted by molar-refractivity contribution is 6.32. The quantitative estimate of drug-likeness (QED) is 0.795. The van der Waals surface area contributed by atoms with Crippen molar-refractivity contribution >= 4 is 35.0 Å². The van der Waals surface area contributed by atoms with Gasteiger partial charge >= 0.3 is 6.09 Å². The van der Waals surface area contributed by atoms with Gasteiger partial charge < -0.3 is 10.1 Å².